The minimum atomic E-state index is -0.646. The first-order valence-electron chi connectivity index (χ1n) is 7.14. The van der Waals surface area contributed by atoms with E-state index in [4.69, 9.17) is 16.3 Å². The summed E-state index contributed by atoms with van der Waals surface area (Å²) in [6.45, 7) is 0.540. The Morgan fingerprint density at radius 3 is 2.80 bits per heavy atom. The Balaban J connectivity index is 1.70. The number of aliphatic hydroxyl groups is 1. The van der Waals surface area contributed by atoms with Crippen molar-refractivity contribution in [2.75, 3.05) is 18.5 Å². The summed E-state index contributed by atoms with van der Waals surface area (Å²) in [6.07, 6.45) is 5.46. The minimum absolute atomic E-state index is 0.255. The summed E-state index contributed by atoms with van der Waals surface area (Å²) in [5, 5.41) is 13.1. The number of rotatable bonds is 6. The molecule has 0 heterocycles. The minimum Gasteiger partial charge on any atom is -0.389 e. The van der Waals surface area contributed by atoms with E-state index in [0.29, 0.717) is 10.7 Å². The zero-order chi connectivity index (χ0) is 14.4. The number of ether oxygens (including phenoxy) is 1. The van der Waals surface area contributed by atoms with Crippen LogP contribution < -0.4 is 5.32 Å². The smallest absolute Gasteiger partial charge is 0.147 e. The molecule has 0 saturated heterocycles. The molecule has 0 amide bonds. The van der Waals surface area contributed by atoms with E-state index in [1.54, 1.807) is 12.1 Å². The maximum atomic E-state index is 13.5. The van der Waals surface area contributed by atoms with Gasteiger partial charge in [-0.05, 0) is 31.0 Å². The summed E-state index contributed by atoms with van der Waals surface area (Å²) in [6, 6.07) is 4.42. The van der Waals surface area contributed by atoms with Crippen LogP contribution >= 0.6 is 11.6 Å². The van der Waals surface area contributed by atoms with Crippen LogP contribution in [-0.2, 0) is 4.74 Å². The second kappa shape index (κ2) is 7.81. The summed E-state index contributed by atoms with van der Waals surface area (Å²) in [5.74, 6) is -0.419. The quantitative estimate of drug-likeness (QED) is 0.843. The Kier molecular flexibility index (Phi) is 6.07. The molecule has 0 spiro atoms. The number of benzene rings is 1. The van der Waals surface area contributed by atoms with Crippen molar-refractivity contribution >= 4 is 17.3 Å². The average molecular weight is 302 g/mol. The predicted molar refractivity (Wildman–Crippen MR) is 78.7 cm³/mol. The molecule has 0 bridgehead atoms. The van der Waals surface area contributed by atoms with Gasteiger partial charge in [-0.1, -0.05) is 30.9 Å². The van der Waals surface area contributed by atoms with Crippen LogP contribution in [0.1, 0.15) is 32.1 Å². The zero-order valence-electron chi connectivity index (χ0n) is 11.4. The van der Waals surface area contributed by atoms with Crippen molar-refractivity contribution in [3.05, 3.63) is 29.0 Å². The zero-order valence-corrected chi connectivity index (χ0v) is 12.2. The lowest BCUT2D eigenvalue weighted by Crippen LogP contribution is -2.28. The first-order valence-corrected chi connectivity index (χ1v) is 7.51. The van der Waals surface area contributed by atoms with Crippen molar-refractivity contribution in [1.82, 2.24) is 0 Å². The maximum absolute atomic E-state index is 13.5. The molecule has 1 saturated carbocycles. The second-order valence-electron chi connectivity index (χ2n) is 5.25. The van der Waals surface area contributed by atoms with Crippen molar-refractivity contribution in [3.63, 3.8) is 0 Å². The van der Waals surface area contributed by atoms with Gasteiger partial charge in [0.15, 0.2) is 0 Å². The standard InChI is InChI=1S/C15H21ClFNO2/c16-11-6-7-15(14(17)8-11)18-9-12(19)10-20-13-4-2-1-3-5-13/h6-8,12-13,18-19H,1-5,9-10H2. The highest BCUT2D eigenvalue weighted by atomic mass is 35.5. The van der Waals surface area contributed by atoms with Crippen LogP contribution in [0.15, 0.2) is 18.2 Å². The van der Waals surface area contributed by atoms with Gasteiger partial charge in [-0.3, -0.25) is 0 Å². The first kappa shape index (κ1) is 15.5. The van der Waals surface area contributed by atoms with Crippen molar-refractivity contribution in [3.8, 4) is 0 Å². The Hall–Kier alpha value is -0.840. The van der Waals surface area contributed by atoms with E-state index in [-0.39, 0.29) is 19.3 Å². The fraction of sp³-hybridized carbons (Fsp3) is 0.600. The van der Waals surface area contributed by atoms with Crippen molar-refractivity contribution in [2.24, 2.45) is 0 Å². The predicted octanol–water partition coefficient (Wildman–Crippen LogP) is 3.60. The lowest BCUT2D eigenvalue weighted by molar-refractivity contribution is -0.0195. The Morgan fingerprint density at radius 1 is 1.35 bits per heavy atom. The molecule has 5 heteroatoms. The van der Waals surface area contributed by atoms with Crippen LogP contribution in [0.5, 0.6) is 0 Å². The van der Waals surface area contributed by atoms with E-state index >= 15 is 0 Å². The van der Waals surface area contributed by atoms with Crippen LogP contribution in [-0.4, -0.2) is 30.5 Å². The monoisotopic (exact) mass is 301 g/mol. The number of anilines is 1. The van der Waals surface area contributed by atoms with E-state index in [2.05, 4.69) is 5.32 Å². The van der Waals surface area contributed by atoms with E-state index in [1.807, 2.05) is 0 Å². The molecule has 1 aliphatic carbocycles. The first-order chi connectivity index (χ1) is 9.65. The molecule has 3 nitrogen and oxygen atoms in total. The largest absolute Gasteiger partial charge is 0.389 e. The van der Waals surface area contributed by atoms with Gasteiger partial charge in [0.05, 0.1) is 24.5 Å². The third kappa shape index (κ3) is 4.93. The fourth-order valence-electron chi connectivity index (χ4n) is 2.40. The lowest BCUT2D eigenvalue weighted by Gasteiger charge is -2.23. The highest BCUT2D eigenvalue weighted by Gasteiger charge is 2.15. The van der Waals surface area contributed by atoms with Gasteiger partial charge in [-0.25, -0.2) is 4.39 Å². The van der Waals surface area contributed by atoms with E-state index < -0.39 is 11.9 Å². The molecular weight excluding hydrogens is 281 g/mol. The number of hydrogen-bond donors (Lipinski definition) is 2. The van der Waals surface area contributed by atoms with Gasteiger partial charge in [0.2, 0.25) is 0 Å². The van der Waals surface area contributed by atoms with Gasteiger partial charge < -0.3 is 15.2 Å². The molecule has 1 aromatic rings. The molecule has 0 aliphatic heterocycles. The molecule has 20 heavy (non-hydrogen) atoms. The van der Waals surface area contributed by atoms with Gasteiger partial charge in [0, 0.05) is 11.6 Å². The van der Waals surface area contributed by atoms with Crippen molar-refractivity contribution < 1.29 is 14.2 Å². The van der Waals surface area contributed by atoms with E-state index in [9.17, 15) is 9.50 Å². The molecule has 1 aliphatic rings. The third-order valence-electron chi connectivity index (χ3n) is 3.54. The molecule has 1 fully saturated rings. The topological polar surface area (TPSA) is 41.5 Å². The summed E-state index contributed by atoms with van der Waals surface area (Å²) < 4.78 is 19.2. The molecule has 0 aromatic heterocycles. The molecule has 2 N–H and O–H groups in total. The molecule has 0 radical (unpaired) electrons. The highest BCUT2D eigenvalue weighted by molar-refractivity contribution is 6.30. The van der Waals surface area contributed by atoms with Crippen LogP contribution in [0.25, 0.3) is 0 Å². The van der Waals surface area contributed by atoms with Gasteiger partial charge in [0.1, 0.15) is 5.82 Å². The average Bonchev–Trinajstić information content (AvgIpc) is 2.45. The van der Waals surface area contributed by atoms with E-state index in [1.165, 1.54) is 25.3 Å². The normalized spacial score (nSPS) is 17.9. The molecule has 1 aromatic carbocycles. The Morgan fingerprint density at radius 2 is 2.10 bits per heavy atom. The number of aliphatic hydroxyl groups excluding tert-OH is 1. The van der Waals surface area contributed by atoms with E-state index in [0.717, 1.165) is 12.8 Å². The van der Waals surface area contributed by atoms with Crippen LogP contribution in [0, 0.1) is 5.82 Å². The van der Waals surface area contributed by atoms with Crippen LogP contribution in [0.3, 0.4) is 0 Å². The molecule has 112 valence electrons. The van der Waals surface area contributed by atoms with Crippen LogP contribution in [0.4, 0.5) is 10.1 Å². The number of hydrogen-bond acceptors (Lipinski definition) is 3. The fourth-order valence-corrected chi connectivity index (χ4v) is 2.56. The highest BCUT2D eigenvalue weighted by Crippen LogP contribution is 2.21. The van der Waals surface area contributed by atoms with Crippen molar-refractivity contribution in [2.45, 2.75) is 44.3 Å². The summed E-state index contributed by atoms with van der Waals surface area (Å²) in [5.41, 5.74) is 0.339. The second-order valence-corrected chi connectivity index (χ2v) is 5.69. The van der Waals surface area contributed by atoms with Crippen molar-refractivity contribution in [1.29, 1.82) is 0 Å². The summed E-state index contributed by atoms with van der Waals surface area (Å²) in [4.78, 5) is 0. The molecule has 1 unspecified atom stereocenters. The Labute approximate surface area is 124 Å². The summed E-state index contributed by atoms with van der Waals surface area (Å²) in [7, 11) is 0. The van der Waals surface area contributed by atoms with Crippen LogP contribution in [0.2, 0.25) is 5.02 Å². The lowest BCUT2D eigenvalue weighted by atomic mass is 9.98. The van der Waals surface area contributed by atoms with Gasteiger partial charge >= 0.3 is 0 Å². The molecule has 2 rings (SSSR count). The number of halogens is 2. The summed E-state index contributed by atoms with van der Waals surface area (Å²) >= 11 is 5.68. The van der Waals surface area contributed by atoms with Gasteiger partial charge in [0.25, 0.3) is 0 Å². The maximum Gasteiger partial charge on any atom is 0.147 e. The Bertz CT molecular complexity index is 424. The molecular formula is C15H21ClFNO2. The number of nitrogens with one attached hydrogen (secondary N) is 1. The van der Waals surface area contributed by atoms with Gasteiger partial charge in [-0.2, -0.15) is 0 Å². The third-order valence-corrected chi connectivity index (χ3v) is 3.77. The molecule has 1 atom stereocenters. The SMILES string of the molecule is OC(CNc1ccc(Cl)cc1F)COC1CCCCC1. The van der Waals surface area contributed by atoms with Gasteiger partial charge in [-0.15, -0.1) is 0 Å².